The lowest BCUT2D eigenvalue weighted by molar-refractivity contribution is 0.164. The fourth-order valence-corrected chi connectivity index (χ4v) is 2.00. The number of hydrogen-bond donors (Lipinski definition) is 2. The summed E-state index contributed by atoms with van der Waals surface area (Å²) < 4.78 is 1.82. The first-order valence-corrected chi connectivity index (χ1v) is 6.22. The first kappa shape index (κ1) is 13.1. The van der Waals surface area contributed by atoms with E-state index in [1.54, 1.807) is 0 Å². The summed E-state index contributed by atoms with van der Waals surface area (Å²) in [4.78, 5) is 0. The van der Waals surface area contributed by atoms with Crippen molar-refractivity contribution in [3.8, 4) is 0 Å². The number of nitrogens with one attached hydrogen (secondary N) is 1. The summed E-state index contributed by atoms with van der Waals surface area (Å²) in [6, 6.07) is 5.93. The van der Waals surface area contributed by atoms with Crippen LogP contribution in [0.5, 0.6) is 0 Å². The van der Waals surface area contributed by atoms with Crippen LogP contribution in [0.15, 0.2) is 24.4 Å². The van der Waals surface area contributed by atoms with E-state index in [4.69, 9.17) is 0 Å². The van der Waals surface area contributed by atoms with E-state index in [1.165, 1.54) is 0 Å². The van der Waals surface area contributed by atoms with E-state index in [2.05, 4.69) is 31.2 Å². The van der Waals surface area contributed by atoms with Crippen molar-refractivity contribution >= 4 is 10.9 Å². The predicted molar refractivity (Wildman–Crippen MR) is 73.4 cm³/mol. The minimum absolute atomic E-state index is 0.00378. The number of benzene rings is 1. The standard InChI is InChI=1S/C14H21N3O/c1-14(2,3)15-9-13(18)10-6-5-7-12-11(10)8-16-17(12)4/h5-8,13,15,18H,9H2,1-4H3/t13-/m1/s1. The SMILES string of the molecule is Cn1ncc2c([C@H](O)CNC(C)(C)C)cccc21. The summed E-state index contributed by atoms with van der Waals surface area (Å²) in [7, 11) is 1.91. The Morgan fingerprint density at radius 1 is 1.39 bits per heavy atom. The molecule has 0 unspecified atom stereocenters. The number of hydrogen-bond acceptors (Lipinski definition) is 3. The number of aryl methyl sites for hydroxylation is 1. The van der Waals surface area contributed by atoms with Crippen LogP contribution in [0.2, 0.25) is 0 Å². The average molecular weight is 247 g/mol. The highest BCUT2D eigenvalue weighted by atomic mass is 16.3. The van der Waals surface area contributed by atoms with Crippen molar-refractivity contribution < 1.29 is 5.11 Å². The maximum Gasteiger partial charge on any atom is 0.0921 e. The second-order valence-corrected chi connectivity index (χ2v) is 5.69. The van der Waals surface area contributed by atoms with Gasteiger partial charge in [0.15, 0.2) is 0 Å². The zero-order chi connectivity index (χ0) is 13.3. The lowest BCUT2D eigenvalue weighted by Crippen LogP contribution is -2.38. The fourth-order valence-electron chi connectivity index (χ4n) is 2.00. The molecule has 4 heteroatoms. The van der Waals surface area contributed by atoms with Gasteiger partial charge in [-0.2, -0.15) is 5.10 Å². The molecule has 0 amide bonds. The first-order valence-electron chi connectivity index (χ1n) is 6.22. The van der Waals surface area contributed by atoms with Crippen molar-refractivity contribution in [2.24, 2.45) is 7.05 Å². The molecular weight excluding hydrogens is 226 g/mol. The van der Waals surface area contributed by atoms with E-state index in [1.807, 2.05) is 36.1 Å². The molecule has 4 nitrogen and oxygen atoms in total. The van der Waals surface area contributed by atoms with Gasteiger partial charge >= 0.3 is 0 Å². The van der Waals surface area contributed by atoms with E-state index in [-0.39, 0.29) is 5.54 Å². The molecule has 1 heterocycles. The number of fused-ring (bicyclic) bond motifs is 1. The average Bonchev–Trinajstić information content (AvgIpc) is 2.67. The molecule has 98 valence electrons. The Balaban J connectivity index is 2.25. The molecule has 0 radical (unpaired) electrons. The lowest BCUT2D eigenvalue weighted by Gasteiger charge is -2.23. The molecule has 0 fully saturated rings. The summed E-state index contributed by atoms with van der Waals surface area (Å²) in [6.45, 7) is 6.80. The highest BCUT2D eigenvalue weighted by Gasteiger charge is 2.16. The van der Waals surface area contributed by atoms with Crippen LogP contribution in [0.3, 0.4) is 0 Å². The molecule has 0 aliphatic heterocycles. The second kappa shape index (κ2) is 4.71. The summed E-state index contributed by atoms with van der Waals surface area (Å²) in [5.74, 6) is 0. The zero-order valence-electron chi connectivity index (χ0n) is 11.4. The maximum absolute atomic E-state index is 10.3. The van der Waals surface area contributed by atoms with Crippen molar-refractivity contribution in [1.29, 1.82) is 0 Å². The Labute approximate surface area is 108 Å². The topological polar surface area (TPSA) is 50.1 Å². The number of nitrogens with zero attached hydrogens (tertiary/aromatic N) is 2. The highest BCUT2D eigenvalue weighted by molar-refractivity contribution is 5.82. The van der Waals surface area contributed by atoms with Crippen LogP contribution < -0.4 is 5.32 Å². The number of aromatic nitrogens is 2. The van der Waals surface area contributed by atoms with E-state index < -0.39 is 6.10 Å². The number of rotatable bonds is 3. The normalized spacial score (nSPS) is 14.1. The highest BCUT2D eigenvalue weighted by Crippen LogP contribution is 2.23. The van der Waals surface area contributed by atoms with Gasteiger partial charge in [-0.3, -0.25) is 4.68 Å². The molecule has 0 aliphatic carbocycles. The summed E-state index contributed by atoms with van der Waals surface area (Å²) in [6.07, 6.45) is 1.29. The van der Waals surface area contributed by atoms with Gasteiger partial charge in [-0.15, -0.1) is 0 Å². The number of β-amino-alcohol motifs (C(OH)–C–C–N with tert-alkyl or cyclic N) is 1. The number of aliphatic hydroxyl groups excluding tert-OH is 1. The first-order chi connectivity index (χ1) is 8.38. The molecule has 1 aromatic heterocycles. The Morgan fingerprint density at radius 2 is 2.11 bits per heavy atom. The largest absolute Gasteiger partial charge is 0.387 e. The van der Waals surface area contributed by atoms with Gasteiger partial charge in [0.2, 0.25) is 0 Å². The number of aliphatic hydroxyl groups is 1. The zero-order valence-corrected chi connectivity index (χ0v) is 11.4. The molecule has 1 atom stereocenters. The van der Waals surface area contributed by atoms with Crippen LogP contribution in [-0.4, -0.2) is 27.0 Å². The van der Waals surface area contributed by atoms with E-state index in [9.17, 15) is 5.11 Å². The van der Waals surface area contributed by atoms with E-state index in [0.717, 1.165) is 16.5 Å². The molecule has 18 heavy (non-hydrogen) atoms. The quantitative estimate of drug-likeness (QED) is 0.872. The molecule has 2 N–H and O–H groups in total. The monoisotopic (exact) mass is 247 g/mol. The molecule has 0 bridgehead atoms. The molecule has 0 saturated heterocycles. The van der Waals surface area contributed by atoms with Crippen LogP contribution in [0.25, 0.3) is 10.9 Å². The van der Waals surface area contributed by atoms with Gasteiger partial charge in [0.1, 0.15) is 0 Å². The third-order valence-corrected chi connectivity index (χ3v) is 3.01. The van der Waals surface area contributed by atoms with Gasteiger partial charge in [0.05, 0.1) is 17.8 Å². The third kappa shape index (κ3) is 2.71. The van der Waals surface area contributed by atoms with E-state index >= 15 is 0 Å². The summed E-state index contributed by atoms with van der Waals surface area (Å²) in [5.41, 5.74) is 1.98. The molecule has 2 aromatic rings. The fraction of sp³-hybridized carbons (Fsp3) is 0.500. The minimum Gasteiger partial charge on any atom is -0.387 e. The summed E-state index contributed by atoms with van der Waals surface area (Å²) >= 11 is 0. The molecule has 1 aromatic carbocycles. The van der Waals surface area contributed by atoms with Crippen molar-refractivity contribution in [2.45, 2.75) is 32.4 Å². The van der Waals surface area contributed by atoms with Crippen LogP contribution in [0.1, 0.15) is 32.4 Å². The summed E-state index contributed by atoms with van der Waals surface area (Å²) in [5, 5.41) is 18.9. The third-order valence-electron chi connectivity index (χ3n) is 3.01. The van der Waals surface area contributed by atoms with Gasteiger partial charge in [0.25, 0.3) is 0 Å². The molecule has 0 saturated carbocycles. The van der Waals surface area contributed by atoms with Crippen LogP contribution in [-0.2, 0) is 7.05 Å². The molecule has 0 spiro atoms. The van der Waals surface area contributed by atoms with Gasteiger partial charge in [0, 0.05) is 24.5 Å². The second-order valence-electron chi connectivity index (χ2n) is 5.69. The van der Waals surface area contributed by atoms with Crippen molar-refractivity contribution in [3.63, 3.8) is 0 Å². The maximum atomic E-state index is 10.3. The smallest absolute Gasteiger partial charge is 0.0921 e. The van der Waals surface area contributed by atoms with Gasteiger partial charge in [-0.25, -0.2) is 0 Å². The Morgan fingerprint density at radius 3 is 2.78 bits per heavy atom. The Hall–Kier alpha value is -1.39. The van der Waals surface area contributed by atoms with Crippen LogP contribution in [0.4, 0.5) is 0 Å². The molecular formula is C14H21N3O. The van der Waals surface area contributed by atoms with Crippen LogP contribution >= 0.6 is 0 Å². The van der Waals surface area contributed by atoms with Crippen molar-refractivity contribution in [1.82, 2.24) is 15.1 Å². The van der Waals surface area contributed by atoms with Crippen molar-refractivity contribution in [2.75, 3.05) is 6.54 Å². The van der Waals surface area contributed by atoms with Crippen LogP contribution in [0, 0.1) is 0 Å². The molecule has 2 rings (SSSR count). The van der Waals surface area contributed by atoms with Gasteiger partial charge in [-0.05, 0) is 32.4 Å². The minimum atomic E-state index is -0.517. The van der Waals surface area contributed by atoms with Gasteiger partial charge < -0.3 is 10.4 Å². The molecule has 0 aliphatic rings. The Bertz CT molecular complexity index is 539. The lowest BCUT2D eigenvalue weighted by atomic mass is 10.0. The van der Waals surface area contributed by atoms with Gasteiger partial charge in [-0.1, -0.05) is 12.1 Å². The van der Waals surface area contributed by atoms with E-state index in [0.29, 0.717) is 6.54 Å². The van der Waals surface area contributed by atoms with Crippen molar-refractivity contribution in [3.05, 3.63) is 30.0 Å². The Kier molecular flexibility index (Phi) is 3.41. The predicted octanol–water partition coefficient (Wildman–Crippen LogP) is 1.99.